The summed E-state index contributed by atoms with van der Waals surface area (Å²) in [6.07, 6.45) is 0.0201. The summed E-state index contributed by atoms with van der Waals surface area (Å²) in [4.78, 5) is 14.6. The van der Waals surface area contributed by atoms with Crippen LogP contribution < -0.4 is 11.1 Å². The number of halogens is 4. The van der Waals surface area contributed by atoms with Crippen molar-refractivity contribution in [1.82, 2.24) is 10.2 Å². The zero-order valence-electron chi connectivity index (χ0n) is 15.1. The highest BCUT2D eigenvalue weighted by Crippen LogP contribution is 2.35. The lowest BCUT2D eigenvalue weighted by atomic mass is 10.1. The van der Waals surface area contributed by atoms with Crippen LogP contribution in [0.3, 0.4) is 0 Å². The largest absolute Gasteiger partial charge is 0.416 e. The first-order chi connectivity index (χ1) is 12.8. The lowest BCUT2D eigenvalue weighted by molar-refractivity contribution is -0.137. The highest BCUT2D eigenvalue weighted by molar-refractivity contribution is 5.76. The van der Waals surface area contributed by atoms with E-state index in [0.29, 0.717) is 31.0 Å². The van der Waals surface area contributed by atoms with Gasteiger partial charge in [-0.05, 0) is 43.7 Å². The summed E-state index contributed by atoms with van der Waals surface area (Å²) in [6, 6.07) is 2.77. The summed E-state index contributed by atoms with van der Waals surface area (Å²) in [5.74, 6) is -0.494. The number of nitrogens with one attached hydrogen (secondary N) is 1. The van der Waals surface area contributed by atoms with Crippen molar-refractivity contribution in [1.29, 1.82) is 0 Å². The molecule has 4 nitrogen and oxygen atoms in total. The van der Waals surface area contributed by atoms with E-state index >= 15 is 0 Å². The molecule has 2 fully saturated rings. The molecule has 1 aromatic carbocycles. The van der Waals surface area contributed by atoms with Crippen molar-refractivity contribution in [2.45, 2.75) is 56.9 Å². The summed E-state index contributed by atoms with van der Waals surface area (Å²) in [7, 11) is 0. The fourth-order valence-corrected chi connectivity index (χ4v) is 3.73. The number of alkyl halides is 3. The van der Waals surface area contributed by atoms with Crippen molar-refractivity contribution in [3.05, 3.63) is 35.1 Å². The van der Waals surface area contributed by atoms with E-state index in [1.54, 1.807) is 0 Å². The van der Waals surface area contributed by atoms with Gasteiger partial charge in [-0.2, -0.15) is 13.2 Å². The quantitative estimate of drug-likeness (QED) is 0.707. The van der Waals surface area contributed by atoms with Crippen LogP contribution in [0.5, 0.6) is 0 Å². The molecule has 0 spiro atoms. The van der Waals surface area contributed by atoms with Gasteiger partial charge in [0.1, 0.15) is 5.82 Å². The summed E-state index contributed by atoms with van der Waals surface area (Å²) < 4.78 is 51.6. The van der Waals surface area contributed by atoms with Gasteiger partial charge in [0.25, 0.3) is 0 Å². The number of hydrogen-bond acceptors (Lipinski definition) is 3. The first-order valence-corrected chi connectivity index (χ1v) is 9.36. The van der Waals surface area contributed by atoms with E-state index in [1.165, 1.54) is 12.8 Å². The van der Waals surface area contributed by atoms with E-state index in [1.807, 2.05) is 0 Å². The van der Waals surface area contributed by atoms with Gasteiger partial charge in [-0.15, -0.1) is 0 Å². The Balaban J connectivity index is 1.53. The maximum atomic E-state index is 13.9. The molecule has 1 aliphatic heterocycles. The second kappa shape index (κ2) is 8.14. The Morgan fingerprint density at radius 1 is 1.19 bits per heavy atom. The van der Waals surface area contributed by atoms with E-state index in [-0.39, 0.29) is 24.1 Å². The van der Waals surface area contributed by atoms with Gasteiger partial charge in [-0.1, -0.05) is 6.07 Å². The summed E-state index contributed by atoms with van der Waals surface area (Å²) >= 11 is 0. The Labute approximate surface area is 156 Å². The molecule has 1 aromatic rings. The van der Waals surface area contributed by atoms with Crippen molar-refractivity contribution in [3.63, 3.8) is 0 Å². The molecule has 27 heavy (non-hydrogen) atoms. The van der Waals surface area contributed by atoms with Gasteiger partial charge < -0.3 is 11.1 Å². The highest BCUT2D eigenvalue weighted by atomic mass is 19.4. The first kappa shape index (κ1) is 20.1. The van der Waals surface area contributed by atoms with Crippen molar-refractivity contribution in [2.24, 2.45) is 11.7 Å². The van der Waals surface area contributed by atoms with Crippen molar-refractivity contribution >= 4 is 5.91 Å². The summed E-state index contributed by atoms with van der Waals surface area (Å²) in [5.41, 5.74) is 4.85. The molecule has 1 aliphatic carbocycles. The molecular formula is C19H25F4N3O. The maximum Gasteiger partial charge on any atom is 0.416 e. The number of carbonyl (C=O) groups is 1. The van der Waals surface area contributed by atoms with Crippen molar-refractivity contribution < 1.29 is 22.4 Å². The zero-order valence-corrected chi connectivity index (χ0v) is 15.1. The van der Waals surface area contributed by atoms with Crippen LogP contribution in [0, 0.1) is 11.7 Å². The highest BCUT2D eigenvalue weighted by Gasteiger charge is 2.37. The second-order valence-electron chi connectivity index (χ2n) is 7.55. The number of rotatable bonds is 7. The average molecular weight is 387 g/mol. The summed E-state index contributed by atoms with van der Waals surface area (Å²) in [5, 5.41) is 2.63. The smallest absolute Gasteiger partial charge is 0.352 e. The monoisotopic (exact) mass is 387 g/mol. The number of hydrogen-bond donors (Lipinski definition) is 2. The third-order valence-electron chi connectivity index (χ3n) is 5.49. The van der Waals surface area contributed by atoms with Gasteiger partial charge in [0.05, 0.1) is 5.56 Å². The SMILES string of the molecule is NC[C@H]1CC[C@@H](CC(=O)NCc2ccc(C(F)(F)F)cc2F)N1CC1CC1. The molecule has 3 N–H and O–H groups in total. The Morgan fingerprint density at radius 2 is 1.89 bits per heavy atom. The third-order valence-corrected chi connectivity index (χ3v) is 5.49. The molecule has 2 aliphatic rings. The second-order valence-corrected chi connectivity index (χ2v) is 7.55. The number of benzene rings is 1. The number of nitrogens with zero attached hydrogens (tertiary/aromatic N) is 1. The Kier molecular flexibility index (Phi) is 6.05. The predicted octanol–water partition coefficient (Wildman–Crippen LogP) is 3.05. The number of carbonyl (C=O) groups excluding carboxylic acids is 1. The Morgan fingerprint density at radius 3 is 2.48 bits per heavy atom. The predicted molar refractivity (Wildman–Crippen MR) is 93.2 cm³/mol. The zero-order chi connectivity index (χ0) is 19.6. The van der Waals surface area contributed by atoms with E-state index in [9.17, 15) is 22.4 Å². The molecule has 0 radical (unpaired) electrons. The molecule has 0 bridgehead atoms. The van der Waals surface area contributed by atoms with Crippen LogP contribution in [0.1, 0.15) is 43.2 Å². The van der Waals surface area contributed by atoms with E-state index < -0.39 is 17.6 Å². The van der Waals surface area contributed by atoms with Crippen LogP contribution in [0.25, 0.3) is 0 Å². The Hall–Kier alpha value is -1.67. The number of nitrogens with two attached hydrogens (primary N) is 1. The molecule has 1 amide bonds. The van der Waals surface area contributed by atoms with Crippen molar-refractivity contribution in [2.75, 3.05) is 13.1 Å². The van der Waals surface area contributed by atoms with Crippen LogP contribution >= 0.6 is 0 Å². The molecular weight excluding hydrogens is 362 g/mol. The van der Waals surface area contributed by atoms with Gasteiger partial charge in [0.15, 0.2) is 0 Å². The minimum absolute atomic E-state index is 0.0393. The molecule has 8 heteroatoms. The fourth-order valence-electron chi connectivity index (χ4n) is 3.73. The lowest BCUT2D eigenvalue weighted by Gasteiger charge is -2.29. The lowest BCUT2D eigenvalue weighted by Crippen LogP contribution is -2.43. The van der Waals surface area contributed by atoms with Gasteiger partial charge in [0.2, 0.25) is 5.91 Å². The van der Waals surface area contributed by atoms with Crippen LogP contribution in [-0.4, -0.2) is 36.0 Å². The van der Waals surface area contributed by atoms with Crippen LogP contribution in [0.2, 0.25) is 0 Å². The molecule has 3 rings (SSSR count). The Bertz CT molecular complexity index is 675. The van der Waals surface area contributed by atoms with Gasteiger partial charge in [-0.25, -0.2) is 4.39 Å². The maximum absolute atomic E-state index is 13.9. The van der Waals surface area contributed by atoms with E-state index in [0.717, 1.165) is 31.5 Å². The standard InChI is InChI=1S/C19H25F4N3O/c20-17-7-14(19(21,22)23)4-3-13(17)10-25-18(27)8-15-5-6-16(9-24)26(15)11-12-1-2-12/h3-4,7,12,15-16H,1-2,5-6,8-11,24H2,(H,25,27)/t15-,16+/m0/s1. The molecule has 1 heterocycles. The first-order valence-electron chi connectivity index (χ1n) is 9.36. The fraction of sp³-hybridized carbons (Fsp3) is 0.632. The topological polar surface area (TPSA) is 58.4 Å². The number of likely N-dealkylation sites (tertiary alicyclic amines) is 1. The minimum Gasteiger partial charge on any atom is -0.352 e. The van der Waals surface area contributed by atoms with Gasteiger partial charge in [0, 0.05) is 43.7 Å². The summed E-state index contributed by atoms with van der Waals surface area (Å²) in [6.45, 7) is 1.41. The third kappa shape index (κ3) is 5.19. The van der Waals surface area contributed by atoms with E-state index in [4.69, 9.17) is 5.73 Å². The molecule has 1 saturated heterocycles. The number of amides is 1. The van der Waals surface area contributed by atoms with Gasteiger partial charge in [-0.3, -0.25) is 9.69 Å². The normalized spacial score (nSPS) is 23.6. The molecule has 0 unspecified atom stereocenters. The van der Waals surface area contributed by atoms with Crippen LogP contribution in [-0.2, 0) is 17.5 Å². The molecule has 1 saturated carbocycles. The van der Waals surface area contributed by atoms with Gasteiger partial charge >= 0.3 is 6.18 Å². The average Bonchev–Trinajstić information content (AvgIpc) is 3.34. The minimum atomic E-state index is -4.59. The molecule has 150 valence electrons. The molecule has 0 aromatic heterocycles. The van der Waals surface area contributed by atoms with Crippen LogP contribution in [0.4, 0.5) is 17.6 Å². The molecule has 2 atom stereocenters. The van der Waals surface area contributed by atoms with E-state index in [2.05, 4.69) is 10.2 Å². The van der Waals surface area contributed by atoms with Crippen LogP contribution in [0.15, 0.2) is 18.2 Å². The van der Waals surface area contributed by atoms with Crippen molar-refractivity contribution in [3.8, 4) is 0 Å².